The Morgan fingerprint density at radius 2 is 2.11 bits per heavy atom. The van der Waals surface area contributed by atoms with E-state index in [0.717, 1.165) is 18.5 Å². The maximum absolute atomic E-state index is 12.1. The highest BCUT2D eigenvalue weighted by Gasteiger charge is 2.41. The zero-order valence-electron chi connectivity index (χ0n) is 11.2. The Bertz CT molecular complexity index is 420. The molecule has 1 aromatic heterocycles. The number of hydrogen-bond donors (Lipinski definition) is 2. The maximum atomic E-state index is 12.1. The minimum Gasteiger partial charge on any atom is -0.345 e. The highest BCUT2D eigenvalue weighted by atomic mass is 35.5. The van der Waals surface area contributed by atoms with Crippen molar-refractivity contribution >= 4 is 30.7 Å². The lowest BCUT2D eigenvalue weighted by Crippen LogP contribution is -2.53. The highest BCUT2D eigenvalue weighted by Crippen LogP contribution is 2.39. The number of aromatic nitrogens is 1. The standard InChI is InChI=1S/C13H19N3O.2ClH/c1-9-3-4-10(7-15-9)12(17)16-13(2,8-14)11-5-6-11;;/h3-4,7,11H,5-6,8,14H2,1-2H3,(H,16,17);2*1H. The minimum absolute atomic E-state index is 0. The molecule has 1 aromatic rings. The summed E-state index contributed by atoms with van der Waals surface area (Å²) in [5.74, 6) is 0.437. The summed E-state index contributed by atoms with van der Waals surface area (Å²) >= 11 is 0. The molecule has 0 aliphatic heterocycles. The second-order valence-corrected chi connectivity index (χ2v) is 5.04. The number of halogens is 2. The number of pyridine rings is 1. The van der Waals surface area contributed by atoms with Crippen LogP contribution in [0.4, 0.5) is 0 Å². The number of nitrogens with one attached hydrogen (secondary N) is 1. The first-order valence-corrected chi connectivity index (χ1v) is 6.00. The van der Waals surface area contributed by atoms with Gasteiger partial charge in [0.05, 0.1) is 11.1 Å². The Kier molecular flexibility index (Phi) is 6.77. The van der Waals surface area contributed by atoms with Gasteiger partial charge < -0.3 is 11.1 Å². The summed E-state index contributed by atoms with van der Waals surface area (Å²) in [5, 5.41) is 3.04. The van der Waals surface area contributed by atoms with E-state index in [1.54, 1.807) is 12.3 Å². The summed E-state index contributed by atoms with van der Waals surface area (Å²) in [6.45, 7) is 4.39. The van der Waals surface area contributed by atoms with Crippen LogP contribution in [0.1, 0.15) is 35.8 Å². The number of aryl methyl sites for hydroxylation is 1. The average Bonchev–Trinajstić information content (AvgIpc) is 3.13. The number of carbonyl (C=O) groups is 1. The first-order chi connectivity index (χ1) is 8.05. The van der Waals surface area contributed by atoms with E-state index >= 15 is 0 Å². The molecule has 1 amide bonds. The number of nitrogens with two attached hydrogens (primary N) is 1. The van der Waals surface area contributed by atoms with Crippen LogP contribution in [0, 0.1) is 12.8 Å². The van der Waals surface area contributed by atoms with Gasteiger partial charge in [0.2, 0.25) is 0 Å². The Balaban J connectivity index is 0.00000162. The first-order valence-electron chi connectivity index (χ1n) is 6.00. The number of carbonyl (C=O) groups excluding carboxylic acids is 1. The fraction of sp³-hybridized carbons (Fsp3) is 0.538. The van der Waals surface area contributed by atoms with Gasteiger partial charge in [-0.05, 0) is 44.7 Å². The molecule has 0 radical (unpaired) electrons. The van der Waals surface area contributed by atoms with Gasteiger partial charge in [-0.1, -0.05) is 0 Å². The molecule has 3 N–H and O–H groups in total. The van der Waals surface area contributed by atoms with Crippen LogP contribution in [0.15, 0.2) is 18.3 Å². The van der Waals surface area contributed by atoms with E-state index in [-0.39, 0.29) is 36.3 Å². The van der Waals surface area contributed by atoms with Crippen molar-refractivity contribution in [1.29, 1.82) is 0 Å². The van der Waals surface area contributed by atoms with E-state index in [1.807, 2.05) is 19.9 Å². The Morgan fingerprint density at radius 3 is 2.53 bits per heavy atom. The SMILES string of the molecule is Cc1ccc(C(=O)NC(C)(CN)C2CC2)cn1.Cl.Cl. The predicted octanol–water partition coefficient (Wildman–Crippen LogP) is 2.09. The molecule has 1 atom stereocenters. The van der Waals surface area contributed by atoms with E-state index < -0.39 is 0 Å². The number of hydrogen-bond acceptors (Lipinski definition) is 3. The lowest BCUT2D eigenvalue weighted by molar-refractivity contribution is 0.0897. The van der Waals surface area contributed by atoms with E-state index in [2.05, 4.69) is 10.3 Å². The third-order valence-corrected chi connectivity index (χ3v) is 3.48. The van der Waals surface area contributed by atoms with Crippen LogP contribution in [-0.2, 0) is 0 Å². The summed E-state index contributed by atoms with van der Waals surface area (Å²) in [5.41, 5.74) is 6.99. The molecule has 1 fully saturated rings. The van der Waals surface area contributed by atoms with Crippen molar-refractivity contribution in [1.82, 2.24) is 10.3 Å². The van der Waals surface area contributed by atoms with Crippen molar-refractivity contribution in [3.05, 3.63) is 29.6 Å². The molecule has 108 valence electrons. The molecular weight excluding hydrogens is 285 g/mol. The molecule has 1 saturated carbocycles. The Labute approximate surface area is 126 Å². The molecule has 1 unspecified atom stereocenters. The van der Waals surface area contributed by atoms with E-state index in [0.29, 0.717) is 18.0 Å². The summed E-state index contributed by atoms with van der Waals surface area (Å²) in [7, 11) is 0. The fourth-order valence-corrected chi connectivity index (χ4v) is 1.97. The summed E-state index contributed by atoms with van der Waals surface area (Å²) in [4.78, 5) is 16.2. The summed E-state index contributed by atoms with van der Waals surface area (Å²) < 4.78 is 0. The monoisotopic (exact) mass is 305 g/mol. The summed E-state index contributed by atoms with van der Waals surface area (Å²) in [6.07, 6.45) is 3.91. The molecule has 1 aliphatic carbocycles. The van der Waals surface area contributed by atoms with Crippen molar-refractivity contribution < 1.29 is 4.79 Å². The maximum Gasteiger partial charge on any atom is 0.253 e. The smallest absolute Gasteiger partial charge is 0.253 e. The van der Waals surface area contributed by atoms with Gasteiger partial charge in [0.1, 0.15) is 0 Å². The lowest BCUT2D eigenvalue weighted by atomic mass is 9.95. The predicted molar refractivity (Wildman–Crippen MR) is 81.1 cm³/mol. The van der Waals surface area contributed by atoms with Crippen LogP contribution in [0.5, 0.6) is 0 Å². The minimum atomic E-state index is -0.276. The van der Waals surface area contributed by atoms with Crippen molar-refractivity contribution in [3.63, 3.8) is 0 Å². The molecule has 1 aliphatic rings. The van der Waals surface area contributed by atoms with Crippen LogP contribution < -0.4 is 11.1 Å². The first kappa shape index (κ1) is 18.2. The Hall–Kier alpha value is -0.840. The van der Waals surface area contributed by atoms with E-state index in [9.17, 15) is 4.79 Å². The molecule has 0 spiro atoms. The molecule has 0 aromatic carbocycles. The van der Waals surface area contributed by atoms with Gasteiger partial charge in [-0.2, -0.15) is 0 Å². The Morgan fingerprint density at radius 1 is 1.47 bits per heavy atom. The molecule has 0 bridgehead atoms. The highest BCUT2D eigenvalue weighted by molar-refractivity contribution is 5.94. The molecule has 1 heterocycles. The van der Waals surface area contributed by atoms with Crippen LogP contribution in [0.3, 0.4) is 0 Å². The number of nitrogens with zero attached hydrogens (tertiary/aromatic N) is 1. The van der Waals surface area contributed by atoms with Crippen molar-refractivity contribution in [2.45, 2.75) is 32.2 Å². The molecule has 6 heteroatoms. The van der Waals surface area contributed by atoms with Crippen LogP contribution in [0.25, 0.3) is 0 Å². The fourth-order valence-electron chi connectivity index (χ4n) is 1.97. The van der Waals surface area contributed by atoms with Gasteiger partial charge in [-0.25, -0.2) is 0 Å². The molecule has 2 rings (SSSR count). The topological polar surface area (TPSA) is 68.0 Å². The van der Waals surface area contributed by atoms with Crippen molar-refractivity contribution in [2.24, 2.45) is 11.7 Å². The molecule has 4 nitrogen and oxygen atoms in total. The van der Waals surface area contributed by atoms with Gasteiger partial charge in [0.15, 0.2) is 0 Å². The normalized spacial score (nSPS) is 16.6. The van der Waals surface area contributed by atoms with Gasteiger partial charge in [0, 0.05) is 18.4 Å². The second kappa shape index (κ2) is 7.08. The molecule has 0 saturated heterocycles. The zero-order chi connectivity index (χ0) is 12.5. The van der Waals surface area contributed by atoms with Crippen LogP contribution >= 0.6 is 24.8 Å². The quantitative estimate of drug-likeness (QED) is 0.895. The third kappa shape index (κ3) is 4.34. The van der Waals surface area contributed by atoms with Crippen LogP contribution in [0.2, 0.25) is 0 Å². The molecular formula is C13H21Cl2N3O. The van der Waals surface area contributed by atoms with Gasteiger partial charge in [-0.3, -0.25) is 9.78 Å². The van der Waals surface area contributed by atoms with Crippen molar-refractivity contribution in [3.8, 4) is 0 Å². The van der Waals surface area contributed by atoms with E-state index in [4.69, 9.17) is 5.73 Å². The van der Waals surface area contributed by atoms with Gasteiger partial charge in [0.25, 0.3) is 5.91 Å². The van der Waals surface area contributed by atoms with Crippen molar-refractivity contribution in [2.75, 3.05) is 6.54 Å². The number of rotatable bonds is 4. The van der Waals surface area contributed by atoms with Crippen LogP contribution in [-0.4, -0.2) is 23.0 Å². The molecule has 19 heavy (non-hydrogen) atoms. The average molecular weight is 306 g/mol. The van der Waals surface area contributed by atoms with Gasteiger partial charge in [-0.15, -0.1) is 24.8 Å². The second-order valence-electron chi connectivity index (χ2n) is 5.04. The lowest BCUT2D eigenvalue weighted by Gasteiger charge is -2.29. The largest absolute Gasteiger partial charge is 0.345 e. The number of amides is 1. The summed E-state index contributed by atoms with van der Waals surface area (Å²) in [6, 6.07) is 3.63. The zero-order valence-corrected chi connectivity index (χ0v) is 12.8. The van der Waals surface area contributed by atoms with E-state index in [1.165, 1.54) is 0 Å². The third-order valence-electron chi connectivity index (χ3n) is 3.48. The van der Waals surface area contributed by atoms with Gasteiger partial charge >= 0.3 is 0 Å².